The SMILES string of the molecule is COc1cc(CN2CCN(C(C)=O)C[C@](O)(COc3ccccc3)C2)ccc1OCCCN1CCCC1=O. The van der Waals surface area contributed by atoms with E-state index >= 15 is 0 Å². The summed E-state index contributed by atoms with van der Waals surface area (Å²) in [6.45, 7) is 5.96. The molecule has 2 heterocycles. The summed E-state index contributed by atoms with van der Waals surface area (Å²) in [6.07, 6.45) is 2.36. The van der Waals surface area contributed by atoms with E-state index in [0.717, 1.165) is 24.9 Å². The zero-order valence-corrected chi connectivity index (χ0v) is 22.4. The number of methoxy groups -OCH3 is 1. The van der Waals surface area contributed by atoms with Crippen LogP contribution in [0.4, 0.5) is 0 Å². The lowest BCUT2D eigenvalue weighted by Crippen LogP contribution is -2.51. The largest absolute Gasteiger partial charge is 0.493 e. The fourth-order valence-corrected chi connectivity index (χ4v) is 5.04. The highest BCUT2D eigenvalue weighted by atomic mass is 16.5. The number of hydrogen-bond acceptors (Lipinski definition) is 7. The lowest BCUT2D eigenvalue weighted by atomic mass is 10.0. The minimum Gasteiger partial charge on any atom is -0.493 e. The lowest BCUT2D eigenvalue weighted by molar-refractivity contribution is -0.132. The third-order valence-corrected chi connectivity index (χ3v) is 7.02. The second-order valence-corrected chi connectivity index (χ2v) is 10.1. The Kier molecular flexibility index (Phi) is 9.47. The molecule has 2 aliphatic rings. The molecule has 0 spiro atoms. The molecule has 0 aliphatic carbocycles. The molecule has 4 rings (SSSR count). The van der Waals surface area contributed by atoms with Crippen LogP contribution >= 0.6 is 0 Å². The molecule has 9 heteroatoms. The van der Waals surface area contributed by atoms with E-state index in [9.17, 15) is 14.7 Å². The number of nitrogens with zero attached hydrogens (tertiary/aromatic N) is 3. The Morgan fingerprint density at radius 2 is 1.84 bits per heavy atom. The van der Waals surface area contributed by atoms with Crippen LogP contribution in [0.25, 0.3) is 0 Å². The molecular formula is C29H39N3O6. The van der Waals surface area contributed by atoms with Crippen LogP contribution in [0.1, 0.15) is 31.7 Å². The number of aliphatic hydroxyl groups is 1. The highest BCUT2D eigenvalue weighted by Gasteiger charge is 2.37. The van der Waals surface area contributed by atoms with Gasteiger partial charge in [0.15, 0.2) is 11.5 Å². The number of β-amino-alcohol motifs (C(OH)–C–C–N with tert-alkyl or cyclic N) is 1. The Morgan fingerprint density at radius 3 is 2.55 bits per heavy atom. The zero-order chi connectivity index (χ0) is 27.0. The van der Waals surface area contributed by atoms with Gasteiger partial charge in [-0.3, -0.25) is 14.5 Å². The molecule has 38 heavy (non-hydrogen) atoms. The van der Waals surface area contributed by atoms with E-state index in [2.05, 4.69) is 4.90 Å². The molecule has 0 unspecified atom stereocenters. The van der Waals surface area contributed by atoms with E-state index < -0.39 is 5.60 Å². The molecule has 0 saturated carbocycles. The second kappa shape index (κ2) is 13.0. The monoisotopic (exact) mass is 525 g/mol. The van der Waals surface area contributed by atoms with Crippen molar-refractivity contribution in [2.75, 3.05) is 59.6 Å². The van der Waals surface area contributed by atoms with Crippen molar-refractivity contribution in [2.24, 2.45) is 0 Å². The Hall–Kier alpha value is -3.30. The van der Waals surface area contributed by atoms with Gasteiger partial charge in [0, 0.05) is 52.6 Å². The van der Waals surface area contributed by atoms with Crippen LogP contribution in [0.5, 0.6) is 17.2 Å². The maximum Gasteiger partial charge on any atom is 0.222 e. The van der Waals surface area contributed by atoms with Crippen molar-refractivity contribution in [3.8, 4) is 17.2 Å². The van der Waals surface area contributed by atoms with Crippen LogP contribution in [0.2, 0.25) is 0 Å². The molecule has 2 amide bonds. The molecule has 9 nitrogen and oxygen atoms in total. The molecule has 1 N–H and O–H groups in total. The van der Waals surface area contributed by atoms with Crippen molar-refractivity contribution in [1.29, 1.82) is 0 Å². The van der Waals surface area contributed by atoms with Crippen molar-refractivity contribution >= 4 is 11.8 Å². The molecule has 206 valence electrons. The minimum absolute atomic E-state index is 0.0674. The van der Waals surface area contributed by atoms with Crippen LogP contribution in [0.15, 0.2) is 48.5 Å². The highest BCUT2D eigenvalue weighted by Crippen LogP contribution is 2.29. The molecule has 0 aromatic heterocycles. The van der Waals surface area contributed by atoms with Gasteiger partial charge in [-0.05, 0) is 42.7 Å². The third kappa shape index (κ3) is 7.61. The summed E-state index contributed by atoms with van der Waals surface area (Å²) < 4.78 is 17.4. The quantitative estimate of drug-likeness (QED) is 0.451. The number of benzene rings is 2. The van der Waals surface area contributed by atoms with Crippen LogP contribution in [-0.2, 0) is 16.1 Å². The zero-order valence-electron chi connectivity index (χ0n) is 22.4. The number of para-hydroxylation sites is 1. The van der Waals surface area contributed by atoms with Crippen LogP contribution in [0.3, 0.4) is 0 Å². The van der Waals surface area contributed by atoms with Gasteiger partial charge in [-0.2, -0.15) is 0 Å². The summed E-state index contributed by atoms with van der Waals surface area (Å²) in [5, 5.41) is 11.5. The topological polar surface area (TPSA) is 91.8 Å². The second-order valence-electron chi connectivity index (χ2n) is 10.1. The maximum atomic E-state index is 12.2. The van der Waals surface area contributed by atoms with Gasteiger partial charge in [0.25, 0.3) is 0 Å². The Labute approximate surface area is 224 Å². The van der Waals surface area contributed by atoms with E-state index in [4.69, 9.17) is 14.2 Å². The minimum atomic E-state index is -1.22. The van der Waals surface area contributed by atoms with Gasteiger partial charge < -0.3 is 29.1 Å². The van der Waals surface area contributed by atoms with Crippen molar-refractivity contribution in [3.05, 3.63) is 54.1 Å². The Morgan fingerprint density at radius 1 is 1.03 bits per heavy atom. The highest BCUT2D eigenvalue weighted by molar-refractivity contribution is 5.78. The van der Waals surface area contributed by atoms with E-state index in [-0.39, 0.29) is 25.0 Å². The molecular weight excluding hydrogens is 486 g/mol. The summed E-state index contributed by atoms with van der Waals surface area (Å²) in [5.74, 6) is 2.14. The normalized spacial score (nSPS) is 20.3. The van der Waals surface area contributed by atoms with Crippen molar-refractivity contribution in [1.82, 2.24) is 14.7 Å². The number of carbonyl (C=O) groups excluding carboxylic acids is 2. The predicted octanol–water partition coefficient (Wildman–Crippen LogP) is 2.56. The fraction of sp³-hybridized carbons (Fsp3) is 0.517. The molecule has 0 bridgehead atoms. The number of amides is 2. The molecule has 1 atom stereocenters. The fourth-order valence-electron chi connectivity index (χ4n) is 5.04. The van der Waals surface area contributed by atoms with Crippen molar-refractivity contribution in [2.45, 2.75) is 38.3 Å². The number of carbonyl (C=O) groups is 2. The average Bonchev–Trinajstić information content (AvgIpc) is 3.24. The van der Waals surface area contributed by atoms with E-state index in [1.54, 1.807) is 12.0 Å². The lowest BCUT2D eigenvalue weighted by Gasteiger charge is -2.32. The first kappa shape index (κ1) is 27.7. The summed E-state index contributed by atoms with van der Waals surface area (Å²) in [7, 11) is 1.62. The van der Waals surface area contributed by atoms with Gasteiger partial charge in [-0.15, -0.1) is 0 Å². The van der Waals surface area contributed by atoms with Gasteiger partial charge in [-0.25, -0.2) is 0 Å². The molecule has 2 aromatic carbocycles. The van der Waals surface area contributed by atoms with Crippen LogP contribution < -0.4 is 14.2 Å². The van der Waals surface area contributed by atoms with Crippen LogP contribution in [0, 0.1) is 0 Å². The van der Waals surface area contributed by atoms with Gasteiger partial charge in [0.05, 0.1) is 20.3 Å². The van der Waals surface area contributed by atoms with Gasteiger partial charge in [0.2, 0.25) is 11.8 Å². The standard InChI is InChI=1S/C29H39N3O6/c1-23(33)32-16-15-30(20-29(35,21-32)22-38-25-8-4-3-5-9-25)19-24-11-12-26(27(18-24)36-2)37-17-7-14-31-13-6-10-28(31)34/h3-5,8-9,11-12,18,35H,6-7,10,13-17,19-22H2,1-2H3/t29-/m0/s1. The summed E-state index contributed by atoms with van der Waals surface area (Å²) in [5.41, 5.74) is -0.207. The van der Waals surface area contributed by atoms with E-state index in [1.165, 1.54) is 6.92 Å². The predicted molar refractivity (Wildman–Crippen MR) is 143 cm³/mol. The Bertz CT molecular complexity index is 1080. The third-order valence-electron chi connectivity index (χ3n) is 7.02. The molecule has 2 aliphatic heterocycles. The Balaban J connectivity index is 1.37. The molecule has 2 fully saturated rings. The first-order valence-corrected chi connectivity index (χ1v) is 13.3. The van der Waals surface area contributed by atoms with E-state index in [1.807, 2.05) is 53.4 Å². The van der Waals surface area contributed by atoms with Gasteiger partial charge in [0.1, 0.15) is 18.0 Å². The molecule has 2 aromatic rings. The van der Waals surface area contributed by atoms with Crippen LogP contribution in [-0.4, -0.2) is 96.8 Å². The molecule has 0 radical (unpaired) electrons. The summed E-state index contributed by atoms with van der Waals surface area (Å²) in [6, 6.07) is 15.2. The van der Waals surface area contributed by atoms with Gasteiger partial charge in [-0.1, -0.05) is 24.3 Å². The average molecular weight is 526 g/mol. The van der Waals surface area contributed by atoms with Crippen molar-refractivity contribution in [3.63, 3.8) is 0 Å². The number of likely N-dealkylation sites (tertiary alicyclic amines) is 1. The first-order valence-electron chi connectivity index (χ1n) is 13.3. The number of hydrogen-bond donors (Lipinski definition) is 1. The number of rotatable bonds is 11. The maximum absolute atomic E-state index is 12.2. The van der Waals surface area contributed by atoms with Gasteiger partial charge >= 0.3 is 0 Å². The first-order chi connectivity index (χ1) is 18.3. The smallest absolute Gasteiger partial charge is 0.222 e. The summed E-state index contributed by atoms with van der Waals surface area (Å²) in [4.78, 5) is 29.7. The molecule has 2 saturated heterocycles. The summed E-state index contributed by atoms with van der Waals surface area (Å²) >= 11 is 0. The van der Waals surface area contributed by atoms with E-state index in [0.29, 0.717) is 63.0 Å². The van der Waals surface area contributed by atoms with Crippen molar-refractivity contribution < 1.29 is 28.9 Å². The number of ether oxygens (including phenoxy) is 3.